The van der Waals surface area contributed by atoms with E-state index in [2.05, 4.69) is 10.2 Å². The first-order chi connectivity index (χ1) is 6.83. The number of nitrogens with one attached hydrogen (secondary N) is 1. The summed E-state index contributed by atoms with van der Waals surface area (Å²) in [6.07, 6.45) is 2.62. The van der Waals surface area contributed by atoms with Crippen molar-refractivity contribution in [2.75, 3.05) is 6.54 Å². The van der Waals surface area contributed by atoms with E-state index in [4.69, 9.17) is 17.3 Å². The maximum absolute atomic E-state index is 6.03. The molecule has 0 aliphatic rings. The molecule has 14 heavy (non-hydrogen) atoms. The molecule has 0 bridgehead atoms. The lowest BCUT2D eigenvalue weighted by Crippen LogP contribution is -2.02. The summed E-state index contributed by atoms with van der Waals surface area (Å²) in [4.78, 5) is 1.03. The quantitative estimate of drug-likeness (QED) is 0.846. The lowest BCUT2D eigenvalue weighted by atomic mass is 10.1. The molecule has 5 heteroatoms. The number of nitrogens with zero attached hydrogens (tertiary/aromatic N) is 1. The molecule has 3 nitrogen and oxygen atoms in total. The maximum atomic E-state index is 6.03. The van der Waals surface area contributed by atoms with Crippen LogP contribution in [0.25, 0.3) is 10.6 Å². The highest BCUT2D eigenvalue weighted by Crippen LogP contribution is 2.33. The molecule has 0 aliphatic heterocycles. The number of nitrogens with two attached hydrogens (primary N) is 1. The Morgan fingerprint density at radius 3 is 3.07 bits per heavy atom. The number of hydrogen-bond donors (Lipinski definition) is 2. The zero-order chi connectivity index (χ0) is 9.97. The van der Waals surface area contributed by atoms with E-state index in [1.54, 1.807) is 17.5 Å². The average Bonchev–Trinajstić information content (AvgIpc) is 2.74. The number of H-pyrrole nitrogens is 1. The molecule has 0 aromatic carbocycles. The highest BCUT2D eigenvalue weighted by molar-refractivity contribution is 7.14. The summed E-state index contributed by atoms with van der Waals surface area (Å²) in [5.41, 5.74) is 7.63. The third-order valence-corrected chi connectivity index (χ3v) is 3.33. The Balaban J connectivity index is 2.41. The average molecular weight is 228 g/mol. The SMILES string of the molecule is NCCc1cn[nH]c1-c1sccc1Cl. The van der Waals surface area contributed by atoms with Crippen LogP contribution in [0, 0.1) is 0 Å². The largest absolute Gasteiger partial charge is 0.330 e. The highest BCUT2D eigenvalue weighted by atomic mass is 35.5. The van der Waals surface area contributed by atoms with Gasteiger partial charge in [0.2, 0.25) is 0 Å². The summed E-state index contributed by atoms with van der Waals surface area (Å²) in [5.74, 6) is 0. The van der Waals surface area contributed by atoms with Gasteiger partial charge in [-0.25, -0.2) is 0 Å². The van der Waals surface area contributed by atoms with Crippen molar-refractivity contribution >= 4 is 22.9 Å². The molecule has 0 saturated heterocycles. The van der Waals surface area contributed by atoms with Gasteiger partial charge in [-0.15, -0.1) is 11.3 Å². The zero-order valence-corrected chi connectivity index (χ0v) is 9.03. The summed E-state index contributed by atoms with van der Waals surface area (Å²) in [6, 6.07) is 1.88. The molecule has 0 unspecified atom stereocenters. The summed E-state index contributed by atoms with van der Waals surface area (Å²) in [7, 11) is 0. The first kappa shape index (κ1) is 9.71. The van der Waals surface area contributed by atoms with Crippen LogP contribution < -0.4 is 5.73 Å². The predicted molar refractivity (Wildman–Crippen MR) is 59.7 cm³/mol. The van der Waals surface area contributed by atoms with Crippen LogP contribution in [0.3, 0.4) is 0 Å². The molecule has 2 aromatic heterocycles. The van der Waals surface area contributed by atoms with Crippen molar-refractivity contribution < 1.29 is 0 Å². The Bertz CT molecular complexity index is 421. The number of thiophene rings is 1. The fourth-order valence-corrected chi connectivity index (χ4v) is 2.51. The molecule has 2 aromatic rings. The third-order valence-electron chi connectivity index (χ3n) is 1.98. The van der Waals surface area contributed by atoms with Gasteiger partial charge < -0.3 is 5.73 Å². The Morgan fingerprint density at radius 2 is 2.43 bits per heavy atom. The van der Waals surface area contributed by atoms with Crippen molar-refractivity contribution in [1.82, 2.24) is 10.2 Å². The fraction of sp³-hybridized carbons (Fsp3) is 0.222. The van der Waals surface area contributed by atoms with Gasteiger partial charge in [0.05, 0.1) is 21.8 Å². The van der Waals surface area contributed by atoms with E-state index in [-0.39, 0.29) is 0 Å². The molecule has 2 heterocycles. The van der Waals surface area contributed by atoms with Crippen molar-refractivity contribution in [3.63, 3.8) is 0 Å². The molecule has 3 N–H and O–H groups in total. The second-order valence-electron chi connectivity index (χ2n) is 2.91. The predicted octanol–water partition coefficient (Wildman–Crippen LogP) is 2.29. The van der Waals surface area contributed by atoms with Crippen molar-refractivity contribution in [2.24, 2.45) is 5.73 Å². The summed E-state index contributed by atoms with van der Waals surface area (Å²) < 4.78 is 0. The van der Waals surface area contributed by atoms with E-state index in [1.807, 2.05) is 11.4 Å². The topological polar surface area (TPSA) is 54.7 Å². The Kier molecular flexibility index (Phi) is 2.86. The van der Waals surface area contributed by atoms with Gasteiger partial charge >= 0.3 is 0 Å². The van der Waals surface area contributed by atoms with E-state index < -0.39 is 0 Å². The van der Waals surface area contributed by atoms with Crippen LogP contribution >= 0.6 is 22.9 Å². The molecule has 0 aliphatic carbocycles. The van der Waals surface area contributed by atoms with E-state index in [9.17, 15) is 0 Å². The molecular formula is C9H10ClN3S. The normalized spacial score (nSPS) is 10.7. The van der Waals surface area contributed by atoms with Gasteiger partial charge in [0.25, 0.3) is 0 Å². The summed E-state index contributed by atoms with van der Waals surface area (Å²) in [5, 5.41) is 9.68. The summed E-state index contributed by atoms with van der Waals surface area (Å²) >= 11 is 7.64. The third kappa shape index (κ3) is 1.68. The summed E-state index contributed by atoms with van der Waals surface area (Å²) in [6.45, 7) is 0.621. The smallest absolute Gasteiger partial charge is 0.0797 e. The van der Waals surface area contributed by atoms with Crippen LogP contribution in [-0.2, 0) is 6.42 Å². The Hall–Kier alpha value is -0.840. The number of rotatable bonds is 3. The molecule has 0 amide bonds. The number of aromatic amines is 1. The minimum atomic E-state index is 0.621. The minimum absolute atomic E-state index is 0.621. The second-order valence-corrected chi connectivity index (χ2v) is 4.23. The van der Waals surface area contributed by atoms with Crippen molar-refractivity contribution in [1.29, 1.82) is 0 Å². The lowest BCUT2D eigenvalue weighted by molar-refractivity contribution is 0.972. The first-order valence-corrected chi connectivity index (χ1v) is 5.54. The van der Waals surface area contributed by atoms with Gasteiger partial charge in [0.1, 0.15) is 0 Å². The maximum Gasteiger partial charge on any atom is 0.0797 e. The van der Waals surface area contributed by atoms with Crippen LogP contribution in [0.1, 0.15) is 5.56 Å². The Labute approximate surface area is 90.9 Å². The molecule has 74 valence electrons. The van der Waals surface area contributed by atoms with Gasteiger partial charge in [-0.3, -0.25) is 5.10 Å². The van der Waals surface area contributed by atoms with Crippen LogP contribution in [-0.4, -0.2) is 16.7 Å². The molecule has 0 saturated carbocycles. The minimum Gasteiger partial charge on any atom is -0.330 e. The van der Waals surface area contributed by atoms with Gasteiger partial charge in [-0.05, 0) is 30.0 Å². The van der Waals surface area contributed by atoms with E-state index >= 15 is 0 Å². The van der Waals surface area contributed by atoms with Gasteiger partial charge in [-0.1, -0.05) is 11.6 Å². The number of hydrogen-bond acceptors (Lipinski definition) is 3. The van der Waals surface area contributed by atoms with Crippen LogP contribution in [0.15, 0.2) is 17.6 Å². The molecule has 2 rings (SSSR count). The van der Waals surface area contributed by atoms with Crippen molar-refractivity contribution in [3.8, 4) is 10.6 Å². The second kappa shape index (κ2) is 4.13. The van der Waals surface area contributed by atoms with Gasteiger partial charge in [0.15, 0.2) is 0 Å². The lowest BCUT2D eigenvalue weighted by Gasteiger charge is -1.99. The zero-order valence-electron chi connectivity index (χ0n) is 7.46. The van der Waals surface area contributed by atoms with Gasteiger partial charge in [0, 0.05) is 0 Å². The fourth-order valence-electron chi connectivity index (χ4n) is 1.32. The highest BCUT2D eigenvalue weighted by Gasteiger charge is 2.11. The van der Waals surface area contributed by atoms with E-state index in [0.29, 0.717) is 6.54 Å². The molecular weight excluding hydrogens is 218 g/mol. The molecule has 0 fully saturated rings. The van der Waals surface area contributed by atoms with E-state index in [1.165, 1.54) is 0 Å². The van der Waals surface area contributed by atoms with Crippen LogP contribution in [0.4, 0.5) is 0 Å². The Morgan fingerprint density at radius 1 is 1.57 bits per heavy atom. The van der Waals surface area contributed by atoms with Crippen molar-refractivity contribution in [2.45, 2.75) is 6.42 Å². The van der Waals surface area contributed by atoms with Crippen LogP contribution in [0.5, 0.6) is 0 Å². The molecule has 0 spiro atoms. The van der Waals surface area contributed by atoms with Crippen LogP contribution in [0.2, 0.25) is 5.02 Å². The van der Waals surface area contributed by atoms with E-state index in [0.717, 1.165) is 27.6 Å². The number of aromatic nitrogens is 2. The molecule has 0 radical (unpaired) electrons. The monoisotopic (exact) mass is 227 g/mol. The van der Waals surface area contributed by atoms with Gasteiger partial charge in [-0.2, -0.15) is 5.10 Å². The first-order valence-electron chi connectivity index (χ1n) is 4.28. The standard InChI is InChI=1S/C9H10ClN3S/c10-7-2-4-14-9(7)8-6(1-3-11)5-12-13-8/h2,4-5H,1,3,11H2,(H,12,13). The molecule has 0 atom stereocenters. The number of halogens is 1. The van der Waals surface area contributed by atoms with Crippen molar-refractivity contribution in [3.05, 3.63) is 28.2 Å².